The lowest BCUT2D eigenvalue weighted by atomic mass is 10.1. The Morgan fingerprint density at radius 2 is 1.85 bits per heavy atom. The highest BCUT2D eigenvalue weighted by Gasteiger charge is 2.29. The van der Waals surface area contributed by atoms with Crippen LogP contribution in [0.15, 0.2) is 42.5 Å². The number of methoxy groups -OCH3 is 2. The molecule has 2 aromatic carbocycles. The maximum absolute atomic E-state index is 13.2. The number of nitro groups is 1. The van der Waals surface area contributed by atoms with E-state index < -0.39 is 16.9 Å². The van der Waals surface area contributed by atoms with Gasteiger partial charge in [0.1, 0.15) is 17.5 Å². The number of amides is 2. The first kappa shape index (κ1) is 26.4. The molecule has 10 heteroatoms. The van der Waals surface area contributed by atoms with Crippen molar-refractivity contribution < 1.29 is 28.7 Å². The molecule has 0 saturated carbocycles. The van der Waals surface area contributed by atoms with E-state index in [9.17, 15) is 19.7 Å². The van der Waals surface area contributed by atoms with Crippen LogP contribution in [-0.2, 0) is 16.1 Å². The Balaban J connectivity index is 2.25. The van der Waals surface area contributed by atoms with Gasteiger partial charge in [0.2, 0.25) is 11.7 Å². The van der Waals surface area contributed by atoms with Crippen molar-refractivity contribution >= 4 is 17.5 Å². The van der Waals surface area contributed by atoms with Gasteiger partial charge in [-0.3, -0.25) is 19.7 Å². The van der Waals surface area contributed by atoms with E-state index in [1.54, 1.807) is 19.2 Å². The molecule has 0 heterocycles. The average molecular weight is 474 g/mol. The van der Waals surface area contributed by atoms with Crippen LogP contribution in [-0.4, -0.2) is 55.1 Å². The summed E-state index contributed by atoms with van der Waals surface area (Å²) in [5.74, 6) is 0.257. The molecule has 1 N–H and O–H groups in total. The fourth-order valence-corrected chi connectivity index (χ4v) is 3.38. The number of benzene rings is 2. The molecule has 0 aliphatic carbocycles. The largest absolute Gasteiger partial charge is 0.497 e. The smallest absolute Gasteiger partial charge is 0.311 e. The Kier molecular flexibility index (Phi) is 10.1. The van der Waals surface area contributed by atoms with E-state index in [1.165, 1.54) is 30.2 Å². The van der Waals surface area contributed by atoms with Crippen LogP contribution in [0.25, 0.3) is 0 Å². The lowest BCUT2D eigenvalue weighted by Crippen LogP contribution is -2.50. The van der Waals surface area contributed by atoms with Gasteiger partial charge in [0.05, 0.1) is 19.1 Å². The Hall–Kier alpha value is -3.82. The van der Waals surface area contributed by atoms with Gasteiger partial charge in [-0.05, 0) is 36.6 Å². The van der Waals surface area contributed by atoms with Crippen molar-refractivity contribution in [2.75, 3.05) is 27.4 Å². The third-order valence-electron chi connectivity index (χ3n) is 5.13. The molecule has 0 fully saturated rings. The number of carbonyl (C=O) groups is 2. The third kappa shape index (κ3) is 7.09. The summed E-state index contributed by atoms with van der Waals surface area (Å²) in [6.07, 6.45) is 1.19. The summed E-state index contributed by atoms with van der Waals surface area (Å²) in [6.45, 7) is 4.12. The second-order valence-electron chi connectivity index (χ2n) is 7.47. The third-order valence-corrected chi connectivity index (χ3v) is 5.13. The SMILES string of the molecule is CCCNC(=O)[C@H](CC)N(Cc1cccc(OC)c1)C(=O)COc1ccc([N+](=O)[O-])c(OC)c1. The number of carbonyl (C=O) groups excluding carboxylic acids is 2. The molecular formula is C24H31N3O7. The number of rotatable bonds is 13. The molecule has 184 valence electrons. The minimum Gasteiger partial charge on any atom is -0.497 e. The molecule has 0 aliphatic heterocycles. The number of nitrogens with one attached hydrogen (secondary N) is 1. The Morgan fingerprint density at radius 3 is 2.47 bits per heavy atom. The van der Waals surface area contributed by atoms with Gasteiger partial charge in [0.15, 0.2) is 6.61 Å². The molecule has 0 bridgehead atoms. The summed E-state index contributed by atoms with van der Waals surface area (Å²) in [6, 6.07) is 10.6. The zero-order valence-electron chi connectivity index (χ0n) is 19.9. The van der Waals surface area contributed by atoms with Crippen molar-refractivity contribution in [1.29, 1.82) is 0 Å². The highest BCUT2D eigenvalue weighted by atomic mass is 16.6. The molecule has 0 aromatic heterocycles. The summed E-state index contributed by atoms with van der Waals surface area (Å²) in [5.41, 5.74) is 0.589. The molecule has 2 aromatic rings. The fraction of sp³-hybridized carbons (Fsp3) is 0.417. The van der Waals surface area contributed by atoms with Crippen LogP contribution in [0.3, 0.4) is 0 Å². The second kappa shape index (κ2) is 13.0. The van der Waals surface area contributed by atoms with Crippen molar-refractivity contribution in [3.63, 3.8) is 0 Å². The second-order valence-corrected chi connectivity index (χ2v) is 7.47. The van der Waals surface area contributed by atoms with Crippen LogP contribution >= 0.6 is 0 Å². The number of hydrogen-bond donors (Lipinski definition) is 1. The van der Waals surface area contributed by atoms with Gasteiger partial charge in [-0.2, -0.15) is 0 Å². The van der Waals surface area contributed by atoms with Crippen LogP contribution in [0.5, 0.6) is 17.2 Å². The predicted molar refractivity (Wildman–Crippen MR) is 126 cm³/mol. The van der Waals surface area contributed by atoms with Crippen molar-refractivity contribution in [3.8, 4) is 17.2 Å². The molecular weight excluding hydrogens is 442 g/mol. The van der Waals surface area contributed by atoms with E-state index in [1.807, 2.05) is 26.0 Å². The van der Waals surface area contributed by atoms with E-state index in [0.717, 1.165) is 12.0 Å². The molecule has 34 heavy (non-hydrogen) atoms. The number of hydrogen-bond acceptors (Lipinski definition) is 7. The molecule has 0 saturated heterocycles. The first-order valence-electron chi connectivity index (χ1n) is 11.0. The maximum atomic E-state index is 13.2. The predicted octanol–water partition coefficient (Wildman–Crippen LogP) is 3.32. The number of nitro benzene ring substituents is 1. The van der Waals surface area contributed by atoms with Crippen molar-refractivity contribution in [3.05, 3.63) is 58.1 Å². The summed E-state index contributed by atoms with van der Waals surface area (Å²) < 4.78 is 15.9. The van der Waals surface area contributed by atoms with Gasteiger partial charge in [0, 0.05) is 25.2 Å². The van der Waals surface area contributed by atoms with Gasteiger partial charge in [-0.1, -0.05) is 26.0 Å². The average Bonchev–Trinajstić information content (AvgIpc) is 2.85. The molecule has 2 amide bonds. The van der Waals surface area contributed by atoms with Gasteiger partial charge >= 0.3 is 5.69 Å². The molecule has 0 unspecified atom stereocenters. The van der Waals surface area contributed by atoms with Crippen LogP contribution in [0.4, 0.5) is 5.69 Å². The number of nitrogens with zero attached hydrogens (tertiary/aromatic N) is 2. The fourth-order valence-electron chi connectivity index (χ4n) is 3.38. The molecule has 1 atom stereocenters. The lowest BCUT2D eigenvalue weighted by molar-refractivity contribution is -0.385. The zero-order valence-corrected chi connectivity index (χ0v) is 19.9. The van der Waals surface area contributed by atoms with Crippen LogP contribution in [0.1, 0.15) is 32.3 Å². The van der Waals surface area contributed by atoms with E-state index in [4.69, 9.17) is 14.2 Å². The van der Waals surface area contributed by atoms with Gasteiger partial charge in [-0.15, -0.1) is 0 Å². The Labute approximate surface area is 198 Å². The van der Waals surface area contributed by atoms with Crippen LogP contribution in [0, 0.1) is 10.1 Å². The van der Waals surface area contributed by atoms with Crippen molar-refractivity contribution in [2.45, 2.75) is 39.3 Å². The van der Waals surface area contributed by atoms with E-state index >= 15 is 0 Å². The summed E-state index contributed by atoms with van der Waals surface area (Å²) in [5, 5.41) is 13.9. The summed E-state index contributed by atoms with van der Waals surface area (Å²) in [4.78, 5) is 38.0. The summed E-state index contributed by atoms with van der Waals surface area (Å²) in [7, 11) is 2.87. The summed E-state index contributed by atoms with van der Waals surface area (Å²) >= 11 is 0. The monoisotopic (exact) mass is 473 g/mol. The standard InChI is InChI=1S/C24H31N3O7/c1-5-12-25-24(29)20(6-2)26(15-17-8-7-9-18(13-17)32-3)23(28)16-34-19-10-11-21(27(30)31)22(14-19)33-4/h7-11,13-14,20H,5-6,12,15-16H2,1-4H3,(H,25,29)/t20-/m0/s1. The minimum absolute atomic E-state index is 0.0218. The lowest BCUT2D eigenvalue weighted by Gasteiger charge is -2.30. The number of ether oxygens (including phenoxy) is 3. The minimum atomic E-state index is -0.694. The highest BCUT2D eigenvalue weighted by Crippen LogP contribution is 2.30. The molecule has 0 spiro atoms. The highest BCUT2D eigenvalue weighted by molar-refractivity contribution is 5.88. The van der Waals surface area contributed by atoms with E-state index in [2.05, 4.69) is 5.32 Å². The van der Waals surface area contributed by atoms with Gasteiger partial charge in [0.25, 0.3) is 5.91 Å². The normalized spacial score (nSPS) is 11.3. The van der Waals surface area contributed by atoms with Gasteiger partial charge < -0.3 is 24.4 Å². The Bertz CT molecular complexity index is 996. The van der Waals surface area contributed by atoms with Crippen molar-refractivity contribution in [2.24, 2.45) is 0 Å². The molecule has 10 nitrogen and oxygen atoms in total. The quantitative estimate of drug-likeness (QED) is 0.350. The van der Waals surface area contributed by atoms with Crippen LogP contribution in [0.2, 0.25) is 0 Å². The first-order chi connectivity index (χ1) is 16.3. The molecule has 0 radical (unpaired) electrons. The first-order valence-corrected chi connectivity index (χ1v) is 11.0. The van der Waals surface area contributed by atoms with E-state index in [-0.39, 0.29) is 36.2 Å². The zero-order chi connectivity index (χ0) is 25.1. The maximum Gasteiger partial charge on any atom is 0.311 e. The van der Waals surface area contributed by atoms with E-state index in [0.29, 0.717) is 18.7 Å². The topological polar surface area (TPSA) is 120 Å². The van der Waals surface area contributed by atoms with Crippen LogP contribution < -0.4 is 19.5 Å². The Morgan fingerprint density at radius 1 is 1.09 bits per heavy atom. The van der Waals surface area contributed by atoms with Crippen molar-refractivity contribution in [1.82, 2.24) is 10.2 Å². The van der Waals surface area contributed by atoms with Gasteiger partial charge in [-0.25, -0.2) is 0 Å². The molecule has 0 aliphatic rings. The molecule has 2 rings (SSSR count).